The molecule has 0 bridgehead atoms. The van der Waals surface area contributed by atoms with Crippen molar-refractivity contribution < 1.29 is 18.8 Å². The normalized spacial score (nSPS) is 15.7. The zero-order chi connectivity index (χ0) is 20.4. The van der Waals surface area contributed by atoms with Gasteiger partial charge in [0.15, 0.2) is 5.09 Å². The van der Waals surface area contributed by atoms with Crippen LogP contribution >= 0.6 is 11.8 Å². The molecule has 0 saturated carbocycles. The Morgan fingerprint density at radius 2 is 1.72 bits per heavy atom. The van der Waals surface area contributed by atoms with Crippen LogP contribution in [0, 0.1) is 6.92 Å². The van der Waals surface area contributed by atoms with E-state index in [4.69, 9.17) is 4.42 Å². The smallest absolute Gasteiger partial charge is 0.335 e. The van der Waals surface area contributed by atoms with E-state index < -0.39 is 17.8 Å². The molecule has 3 heterocycles. The number of nitrogens with zero attached hydrogens (tertiary/aromatic N) is 2. The van der Waals surface area contributed by atoms with Crippen LogP contribution in [0.25, 0.3) is 6.08 Å². The topological polar surface area (TPSA) is 92.5 Å². The number of pyridine rings is 1. The molecule has 1 aliphatic heterocycles. The fraction of sp³-hybridized carbons (Fsp3) is 0.0476. The average Bonchev–Trinajstić information content (AvgIpc) is 3.15. The van der Waals surface area contributed by atoms with Gasteiger partial charge in [-0.25, -0.2) is 9.69 Å². The Morgan fingerprint density at radius 3 is 2.45 bits per heavy atom. The van der Waals surface area contributed by atoms with Crippen molar-refractivity contribution in [1.29, 1.82) is 0 Å². The number of hydrogen-bond donors (Lipinski definition) is 1. The summed E-state index contributed by atoms with van der Waals surface area (Å²) in [5.41, 5.74) is 1.29. The van der Waals surface area contributed by atoms with Crippen molar-refractivity contribution in [2.24, 2.45) is 0 Å². The molecule has 4 amide bonds. The SMILES string of the molecule is Cc1ccc(Sc2ccc(/C=C3\C(=O)NC(=O)N(c4ccncc4)C3=O)o2)cc1. The van der Waals surface area contributed by atoms with E-state index in [1.54, 1.807) is 12.1 Å². The average molecular weight is 405 g/mol. The zero-order valence-electron chi connectivity index (χ0n) is 15.3. The number of benzene rings is 1. The van der Waals surface area contributed by atoms with Gasteiger partial charge in [0, 0.05) is 17.3 Å². The summed E-state index contributed by atoms with van der Waals surface area (Å²) in [7, 11) is 0. The lowest BCUT2D eigenvalue weighted by Gasteiger charge is -2.25. The molecule has 0 unspecified atom stereocenters. The van der Waals surface area contributed by atoms with Gasteiger partial charge in [0.05, 0.1) is 5.69 Å². The first-order valence-electron chi connectivity index (χ1n) is 8.67. The summed E-state index contributed by atoms with van der Waals surface area (Å²) in [6, 6.07) is 13.6. The highest BCUT2D eigenvalue weighted by Crippen LogP contribution is 2.30. The number of amides is 4. The zero-order valence-corrected chi connectivity index (χ0v) is 16.1. The Labute approximate surface area is 170 Å². The summed E-state index contributed by atoms with van der Waals surface area (Å²) in [6.07, 6.45) is 4.24. The van der Waals surface area contributed by atoms with Crippen LogP contribution in [0.4, 0.5) is 10.5 Å². The Bertz CT molecular complexity index is 1120. The van der Waals surface area contributed by atoms with E-state index in [0.717, 1.165) is 15.4 Å². The van der Waals surface area contributed by atoms with E-state index in [0.29, 0.717) is 16.5 Å². The summed E-state index contributed by atoms with van der Waals surface area (Å²) in [5.74, 6) is -1.16. The number of carbonyl (C=O) groups is 3. The van der Waals surface area contributed by atoms with Crippen LogP contribution in [-0.2, 0) is 9.59 Å². The molecule has 7 nitrogen and oxygen atoms in total. The first kappa shape index (κ1) is 18.7. The van der Waals surface area contributed by atoms with E-state index >= 15 is 0 Å². The third kappa shape index (κ3) is 3.97. The van der Waals surface area contributed by atoms with Crippen LogP contribution in [0.2, 0.25) is 0 Å². The molecule has 1 fully saturated rings. The molecule has 4 rings (SSSR count). The molecule has 1 saturated heterocycles. The van der Waals surface area contributed by atoms with Gasteiger partial charge >= 0.3 is 6.03 Å². The second-order valence-electron chi connectivity index (χ2n) is 6.24. The van der Waals surface area contributed by atoms with Crippen LogP contribution in [0.3, 0.4) is 0 Å². The Hall–Kier alpha value is -3.65. The van der Waals surface area contributed by atoms with Crippen molar-refractivity contribution in [1.82, 2.24) is 10.3 Å². The number of imide groups is 2. The van der Waals surface area contributed by atoms with E-state index in [9.17, 15) is 14.4 Å². The predicted molar refractivity (Wildman–Crippen MR) is 107 cm³/mol. The van der Waals surface area contributed by atoms with Gasteiger partial charge in [0.2, 0.25) is 0 Å². The number of aromatic nitrogens is 1. The summed E-state index contributed by atoms with van der Waals surface area (Å²) < 4.78 is 5.73. The predicted octanol–water partition coefficient (Wildman–Crippen LogP) is 3.80. The van der Waals surface area contributed by atoms with Gasteiger partial charge in [-0.05, 0) is 49.4 Å². The van der Waals surface area contributed by atoms with Crippen LogP contribution in [-0.4, -0.2) is 22.8 Å². The minimum atomic E-state index is -0.807. The van der Waals surface area contributed by atoms with Gasteiger partial charge in [-0.15, -0.1) is 0 Å². The number of hydrogen-bond acceptors (Lipinski definition) is 6. The number of aryl methyl sites for hydroxylation is 1. The molecule has 29 heavy (non-hydrogen) atoms. The molecular weight excluding hydrogens is 390 g/mol. The maximum Gasteiger partial charge on any atom is 0.335 e. The minimum absolute atomic E-state index is 0.192. The van der Waals surface area contributed by atoms with E-state index in [-0.39, 0.29) is 5.57 Å². The molecule has 2 aromatic heterocycles. The summed E-state index contributed by atoms with van der Waals surface area (Å²) in [4.78, 5) is 42.9. The molecule has 0 spiro atoms. The fourth-order valence-corrected chi connectivity index (χ4v) is 3.50. The van der Waals surface area contributed by atoms with Crippen molar-refractivity contribution in [2.45, 2.75) is 16.9 Å². The van der Waals surface area contributed by atoms with Crippen molar-refractivity contribution in [3.05, 3.63) is 77.8 Å². The maximum absolute atomic E-state index is 12.8. The van der Waals surface area contributed by atoms with Crippen molar-refractivity contribution in [3.63, 3.8) is 0 Å². The molecule has 144 valence electrons. The van der Waals surface area contributed by atoms with Crippen LogP contribution in [0.15, 0.2) is 80.9 Å². The number of urea groups is 1. The summed E-state index contributed by atoms with van der Waals surface area (Å²) in [5, 5.41) is 2.79. The van der Waals surface area contributed by atoms with Gasteiger partial charge in [-0.1, -0.05) is 29.5 Å². The molecule has 1 aromatic carbocycles. The fourth-order valence-electron chi connectivity index (χ4n) is 2.72. The van der Waals surface area contributed by atoms with Gasteiger partial charge in [0.25, 0.3) is 11.8 Å². The third-order valence-electron chi connectivity index (χ3n) is 4.15. The first-order valence-corrected chi connectivity index (χ1v) is 9.49. The van der Waals surface area contributed by atoms with Crippen molar-refractivity contribution in [2.75, 3.05) is 4.90 Å². The lowest BCUT2D eigenvalue weighted by Crippen LogP contribution is -2.54. The van der Waals surface area contributed by atoms with Crippen LogP contribution in [0.1, 0.15) is 11.3 Å². The monoisotopic (exact) mass is 405 g/mol. The van der Waals surface area contributed by atoms with Gasteiger partial charge < -0.3 is 4.42 Å². The Kier molecular flexibility index (Phi) is 5.01. The Balaban J connectivity index is 1.59. The standard InChI is InChI=1S/C21H15N3O4S/c1-13-2-5-16(6-3-13)29-18-7-4-15(28-18)12-17-19(25)23-21(27)24(20(17)26)14-8-10-22-11-9-14/h2-12H,1H3,(H,23,25,27)/b17-12+. The van der Waals surface area contributed by atoms with Gasteiger partial charge in [0.1, 0.15) is 11.3 Å². The number of barbiturate groups is 1. The number of anilines is 1. The highest BCUT2D eigenvalue weighted by molar-refractivity contribution is 7.99. The molecule has 1 aliphatic rings. The lowest BCUT2D eigenvalue weighted by molar-refractivity contribution is -0.122. The number of carbonyl (C=O) groups excluding carboxylic acids is 3. The number of nitrogens with one attached hydrogen (secondary N) is 1. The molecule has 3 aromatic rings. The largest absolute Gasteiger partial charge is 0.450 e. The van der Waals surface area contributed by atoms with Gasteiger partial charge in [-0.2, -0.15) is 0 Å². The molecule has 8 heteroatoms. The molecule has 0 aliphatic carbocycles. The second-order valence-corrected chi connectivity index (χ2v) is 7.31. The highest BCUT2D eigenvalue weighted by atomic mass is 32.2. The molecule has 0 radical (unpaired) electrons. The van der Waals surface area contributed by atoms with E-state index in [2.05, 4.69) is 10.3 Å². The van der Waals surface area contributed by atoms with Crippen molar-refractivity contribution in [3.8, 4) is 0 Å². The van der Waals surface area contributed by atoms with Gasteiger partial charge in [-0.3, -0.25) is 19.9 Å². The van der Waals surface area contributed by atoms with E-state index in [1.165, 1.54) is 42.4 Å². The summed E-state index contributed by atoms with van der Waals surface area (Å²) >= 11 is 1.43. The third-order valence-corrected chi connectivity index (χ3v) is 5.08. The highest BCUT2D eigenvalue weighted by Gasteiger charge is 2.37. The summed E-state index contributed by atoms with van der Waals surface area (Å²) in [6.45, 7) is 2.01. The molecule has 1 N–H and O–H groups in total. The second kappa shape index (κ2) is 7.76. The first-order chi connectivity index (χ1) is 14.0. The van der Waals surface area contributed by atoms with E-state index in [1.807, 2.05) is 31.2 Å². The number of rotatable bonds is 4. The Morgan fingerprint density at radius 1 is 1.00 bits per heavy atom. The number of furan rings is 1. The maximum atomic E-state index is 12.8. The lowest BCUT2D eigenvalue weighted by atomic mass is 10.1. The molecular formula is C21H15N3O4S. The van der Waals surface area contributed by atoms with Crippen LogP contribution < -0.4 is 10.2 Å². The minimum Gasteiger partial charge on any atom is -0.450 e. The quantitative estimate of drug-likeness (QED) is 0.524. The van der Waals surface area contributed by atoms with Crippen LogP contribution in [0.5, 0.6) is 0 Å². The van der Waals surface area contributed by atoms with Crippen molar-refractivity contribution >= 4 is 41.4 Å². The molecule has 0 atom stereocenters.